The van der Waals surface area contributed by atoms with Crippen LogP contribution in [0.25, 0.3) is 77.2 Å². The summed E-state index contributed by atoms with van der Waals surface area (Å²) in [5.41, 5.74) is 12.5. The second-order valence-corrected chi connectivity index (χ2v) is 15.5. The largest absolute Gasteiger partial charge is 0.310 e. The van der Waals surface area contributed by atoms with Crippen molar-refractivity contribution in [3.8, 4) is 27.9 Å². The van der Waals surface area contributed by atoms with Crippen molar-refractivity contribution in [1.82, 2.24) is 4.57 Å². The fourth-order valence-corrected chi connectivity index (χ4v) is 8.56. The summed E-state index contributed by atoms with van der Waals surface area (Å²) in [6.07, 6.45) is 4.30. The van der Waals surface area contributed by atoms with Crippen LogP contribution in [-0.2, 0) is 0 Å². The van der Waals surface area contributed by atoms with Crippen LogP contribution in [0, 0.1) is 19.3 Å². The topological polar surface area (TPSA) is 53.5 Å². The number of benzene rings is 9. The SMILES string of the molecule is C=NC(=NC(=N)c1cccc2c3ccccc3c3cc(-c4ccc5c(C)c(/C=C\C)n(-c6ccccc6)c5c4)ccc3c12)c1ccccc1.CC.Cc1ccc(-c2ccccc2)cc1. The van der Waals surface area contributed by atoms with Crippen molar-refractivity contribution >= 4 is 67.7 Å². The Hall–Kier alpha value is -7.95. The van der Waals surface area contributed by atoms with E-state index in [0.717, 1.165) is 54.9 Å². The van der Waals surface area contributed by atoms with E-state index in [9.17, 15) is 5.41 Å². The molecule has 0 saturated carbocycles. The predicted octanol–water partition coefficient (Wildman–Crippen LogP) is 16.3. The Morgan fingerprint density at radius 3 is 1.72 bits per heavy atom. The van der Waals surface area contributed by atoms with E-state index in [0.29, 0.717) is 5.84 Å². The van der Waals surface area contributed by atoms with Crippen molar-refractivity contribution in [1.29, 1.82) is 5.41 Å². The Morgan fingerprint density at radius 2 is 1.06 bits per heavy atom. The Bertz CT molecular complexity index is 3320. The number of rotatable bonds is 6. The van der Waals surface area contributed by atoms with E-state index in [4.69, 9.17) is 0 Å². The normalized spacial score (nSPS) is 11.4. The fraction of sp³-hybridized carbons (Fsp3) is 0.0833. The Balaban J connectivity index is 0.000000317. The first-order valence-electron chi connectivity index (χ1n) is 22.0. The summed E-state index contributed by atoms with van der Waals surface area (Å²) in [5, 5.41) is 17.1. The number of nitrogens with zero attached hydrogens (tertiary/aromatic N) is 3. The first-order chi connectivity index (χ1) is 31.4. The van der Waals surface area contributed by atoms with Gasteiger partial charge in [-0.2, -0.15) is 0 Å². The molecule has 312 valence electrons. The molecule has 10 rings (SSSR count). The number of hydrogen-bond acceptors (Lipinski definition) is 1. The summed E-state index contributed by atoms with van der Waals surface area (Å²) < 4.78 is 2.36. The van der Waals surface area contributed by atoms with Crippen LogP contribution in [0.5, 0.6) is 0 Å². The second-order valence-electron chi connectivity index (χ2n) is 15.5. The highest BCUT2D eigenvalue weighted by Crippen LogP contribution is 2.40. The van der Waals surface area contributed by atoms with Gasteiger partial charge in [-0.25, -0.2) is 9.98 Å². The second kappa shape index (κ2) is 19.4. The molecule has 0 fully saturated rings. The van der Waals surface area contributed by atoms with Crippen LogP contribution < -0.4 is 0 Å². The Kier molecular flexibility index (Phi) is 13.0. The molecule has 0 bridgehead atoms. The average Bonchev–Trinajstić information content (AvgIpc) is 3.64. The molecule has 1 aromatic heterocycles. The Labute approximate surface area is 376 Å². The van der Waals surface area contributed by atoms with E-state index in [1.165, 1.54) is 44.2 Å². The predicted molar refractivity (Wildman–Crippen MR) is 278 cm³/mol. The lowest BCUT2D eigenvalue weighted by atomic mass is 9.89. The van der Waals surface area contributed by atoms with E-state index in [-0.39, 0.29) is 5.84 Å². The summed E-state index contributed by atoms with van der Waals surface area (Å²) in [4.78, 5) is 8.86. The molecule has 1 heterocycles. The number of amidine groups is 2. The molecule has 0 amide bonds. The molecule has 0 aliphatic rings. The number of nitrogens with one attached hydrogen (secondary N) is 1. The zero-order valence-electron chi connectivity index (χ0n) is 37.2. The summed E-state index contributed by atoms with van der Waals surface area (Å²) in [6.45, 7) is 14.1. The van der Waals surface area contributed by atoms with Gasteiger partial charge < -0.3 is 4.57 Å². The zero-order valence-corrected chi connectivity index (χ0v) is 37.2. The zero-order chi connectivity index (χ0) is 44.6. The van der Waals surface area contributed by atoms with Crippen LogP contribution in [0.15, 0.2) is 210 Å². The highest BCUT2D eigenvalue weighted by atomic mass is 15.0. The van der Waals surface area contributed by atoms with Gasteiger partial charge in [0.25, 0.3) is 0 Å². The lowest BCUT2D eigenvalue weighted by Crippen LogP contribution is -2.04. The fourth-order valence-electron chi connectivity index (χ4n) is 8.56. The van der Waals surface area contributed by atoms with Crippen molar-refractivity contribution < 1.29 is 0 Å². The molecule has 0 aliphatic heterocycles. The third-order valence-corrected chi connectivity index (χ3v) is 11.6. The lowest BCUT2D eigenvalue weighted by Gasteiger charge is -2.15. The van der Waals surface area contributed by atoms with Gasteiger partial charge in [0.1, 0.15) is 0 Å². The monoisotopic (exact) mass is 828 g/mol. The van der Waals surface area contributed by atoms with Crippen molar-refractivity contribution in [2.45, 2.75) is 34.6 Å². The van der Waals surface area contributed by atoms with Crippen LogP contribution >= 0.6 is 0 Å². The van der Waals surface area contributed by atoms with Crippen LogP contribution in [0.3, 0.4) is 0 Å². The number of aliphatic imine (C=N–C) groups is 2. The number of fused-ring (bicyclic) bond motifs is 7. The summed E-state index contributed by atoms with van der Waals surface area (Å²) in [6, 6.07) is 67.5. The maximum absolute atomic E-state index is 9.19. The quantitative estimate of drug-likeness (QED) is 0.0986. The summed E-state index contributed by atoms with van der Waals surface area (Å²) in [7, 11) is 0. The molecule has 0 spiro atoms. The molecule has 4 heteroatoms. The van der Waals surface area contributed by atoms with Crippen LogP contribution in [0.1, 0.15) is 48.7 Å². The van der Waals surface area contributed by atoms with Crippen LogP contribution in [-0.4, -0.2) is 23.0 Å². The molecule has 9 aromatic carbocycles. The lowest BCUT2D eigenvalue weighted by molar-refractivity contribution is 1.10. The molecule has 10 aromatic rings. The van der Waals surface area contributed by atoms with Gasteiger partial charge in [0, 0.05) is 33.3 Å². The van der Waals surface area contributed by atoms with E-state index < -0.39 is 0 Å². The van der Waals surface area contributed by atoms with Crippen LogP contribution in [0.4, 0.5) is 0 Å². The molecule has 0 aliphatic carbocycles. The molecule has 1 N–H and O–H groups in total. The van der Waals surface area contributed by atoms with Crippen molar-refractivity contribution in [2.24, 2.45) is 9.98 Å². The van der Waals surface area contributed by atoms with Crippen molar-refractivity contribution in [2.75, 3.05) is 0 Å². The van der Waals surface area contributed by atoms with Gasteiger partial charge in [-0.15, -0.1) is 0 Å². The maximum atomic E-state index is 9.19. The minimum absolute atomic E-state index is 0.150. The van der Waals surface area contributed by atoms with E-state index in [1.54, 1.807) is 0 Å². The summed E-state index contributed by atoms with van der Waals surface area (Å²) >= 11 is 0. The van der Waals surface area contributed by atoms with E-state index >= 15 is 0 Å². The molecule has 0 saturated heterocycles. The highest BCUT2D eigenvalue weighted by Gasteiger charge is 2.18. The van der Waals surface area contributed by atoms with Gasteiger partial charge >= 0.3 is 0 Å². The van der Waals surface area contributed by atoms with Gasteiger partial charge in [0.05, 0.1) is 5.52 Å². The number of para-hydroxylation sites is 1. The number of aryl methyl sites for hydroxylation is 2. The molecule has 0 atom stereocenters. The van der Waals surface area contributed by atoms with Gasteiger partial charge in [-0.1, -0.05) is 195 Å². The van der Waals surface area contributed by atoms with Crippen molar-refractivity contribution in [3.63, 3.8) is 0 Å². The smallest absolute Gasteiger partial charge is 0.161 e. The van der Waals surface area contributed by atoms with Crippen molar-refractivity contribution in [3.05, 3.63) is 228 Å². The minimum atomic E-state index is 0.150. The van der Waals surface area contributed by atoms with E-state index in [2.05, 4.69) is 200 Å². The molecule has 64 heavy (non-hydrogen) atoms. The Morgan fingerprint density at radius 1 is 0.531 bits per heavy atom. The third-order valence-electron chi connectivity index (χ3n) is 11.6. The minimum Gasteiger partial charge on any atom is -0.310 e. The number of hydrogen-bond donors (Lipinski definition) is 1. The standard InChI is InChI=1S/C45H34N4.C13H12.C2H6/c1-4-14-41-29(2)34-25-23-32(28-42(34)49(41)33-17-9-6-10-18-33)31-24-26-38-40(27-31)36-20-12-11-19-35(36)37-21-13-22-39(43(37)38)44(46)48-45(47-3)30-15-7-5-8-16-30;1-11-7-9-13(10-8-11)12-5-3-2-4-6-12;1-2/h4-28,46H,3H2,1-2H3;2-10H,1H3;1-2H3/b14-4-,46-44?,48-45?;;. The van der Waals surface area contributed by atoms with E-state index in [1.807, 2.05) is 62.4 Å². The molecule has 0 unspecified atom stereocenters. The third kappa shape index (κ3) is 8.47. The van der Waals surface area contributed by atoms with Gasteiger partial charge in [0.2, 0.25) is 0 Å². The number of allylic oxidation sites excluding steroid dienone is 1. The molecule has 4 nitrogen and oxygen atoms in total. The van der Waals surface area contributed by atoms with Gasteiger partial charge in [0.15, 0.2) is 11.7 Å². The highest BCUT2D eigenvalue weighted by molar-refractivity contribution is 6.30. The van der Waals surface area contributed by atoms with Crippen LogP contribution in [0.2, 0.25) is 0 Å². The van der Waals surface area contributed by atoms with Gasteiger partial charge in [-0.05, 0) is 113 Å². The molecular formula is C60H52N4. The average molecular weight is 829 g/mol. The molecular weight excluding hydrogens is 777 g/mol. The number of aromatic nitrogens is 1. The van der Waals surface area contributed by atoms with Gasteiger partial charge in [-0.3, -0.25) is 5.41 Å². The molecule has 0 radical (unpaired) electrons. The maximum Gasteiger partial charge on any atom is 0.161 e. The first-order valence-corrected chi connectivity index (χ1v) is 22.0. The first kappa shape index (κ1) is 42.7. The summed E-state index contributed by atoms with van der Waals surface area (Å²) in [5.74, 6) is 0.579.